The summed E-state index contributed by atoms with van der Waals surface area (Å²) in [5.74, 6) is -2.32. The van der Waals surface area contributed by atoms with Gasteiger partial charge in [-0.15, -0.1) is 0 Å². The highest BCUT2D eigenvalue weighted by Gasteiger charge is 2.85. The van der Waals surface area contributed by atoms with E-state index >= 15 is 0 Å². The number of hydrogen-bond donors (Lipinski definition) is 2. The van der Waals surface area contributed by atoms with Crippen LogP contribution in [0.4, 0.5) is 0 Å². The number of carbonyl (C=O) groups excluding carboxylic acids is 2. The molecule has 2 heterocycles. The van der Waals surface area contributed by atoms with Gasteiger partial charge in [0.15, 0.2) is 5.78 Å². The minimum absolute atomic E-state index is 0.0134. The summed E-state index contributed by atoms with van der Waals surface area (Å²) in [4.78, 5) is 26.8. The third-order valence-corrected chi connectivity index (χ3v) is 10.0. The van der Waals surface area contributed by atoms with Crippen molar-refractivity contribution in [1.82, 2.24) is 0 Å². The van der Waals surface area contributed by atoms with Crippen molar-refractivity contribution < 1.29 is 29.3 Å². The number of ether oxygens (including phenoxy) is 2. The molecule has 2 saturated heterocycles. The summed E-state index contributed by atoms with van der Waals surface area (Å²) < 4.78 is 13.6. The van der Waals surface area contributed by atoms with Crippen LogP contribution in [-0.2, 0) is 19.1 Å². The standard InChI is InChI=1S/C25H34O6/c1-10-6-15(10)25-24(29)13(4)19-17(30-25)8-11(2)18(19)21(28)22(24)23(5,31-25)9-14-16(26)7-12(3)20(14)27/h7,10-11,13-19,22,26,29H,6,8-9H2,1-5H3/t10-,11-,13+,14-,15?,16-,17-,18+,19-,22-,23-,24+,25+/m0/s1. The van der Waals surface area contributed by atoms with Gasteiger partial charge in [-0.05, 0) is 62.5 Å². The van der Waals surface area contributed by atoms with Gasteiger partial charge < -0.3 is 19.7 Å². The molecule has 3 saturated carbocycles. The van der Waals surface area contributed by atoms with E-state index in [2.05, 4.69) is 20.8 Å². The number of allylic oxidation sites excluding steroid dienone is 1. The van der Waals surface area contributed by atoms with E-state index in [0.29, 0.717) is 11.5 Å². The normalized spacial score (nSPS) is 61.7. The molecule has 0 aromatic rings. The SMILES string of the molecule is CC1=C[C@H](O)[C@H](C[C@]2(C)O[C@@]3(C4C[C@@H]4C)O[C@H]4C[C@H](C)[C@H]5C(=O)[C@@H]2[C@]3(O)[C@H](C)[C@H]54)C1=O. The summed E-state index contributed by atoms with van der Waals surface area (Å²) in [6, 6.07) is 0. The Hall–Kier alpha value is -1.08. The van der Waals surface area contributed by atoms with E-state index in [1.54, 1.807) is 13.0 Å². The van der Waals surface area contributed by atoms with Gasteiger partial charge in [-0.3, -0.25) is 9.59 Å². The zero-order chi connectivity index (χ0) is 22.2. The first kappa shape index (κ1) is 20.5. The molecule has 0 amide bonds. The lowest BCUT2D eigenvalue weighted by molar-refractivity contribution is -0.375. The molecule has 0 radical (unpaired) electrons. The van der Waals surface area contributed by atoms with Crippen molar-refractivity contribution in [3.8, 4) is 0 Å². The minimum atomic E-state index is -1.41. The summed E-state index contributed by atoms with van der Waals surface area (Å²) in [5, 5.41) is 23.0. The van der Waals surface area contributed by atoms with Crippen LogP contribution in [0.3, 0.4) is 0 Å². The zero-order valence-electron chi connectivity index (χ0n) is 19.0. The molecule has 0 aromatic heterocycles. The van der Waals surface area contributed by atoms with Crippen LogP contribution in [-0.4, -0.2) is 51.0 Å². The number of carbonyl (C=O) groups is 2. The van der Waals surface area contributed by atoms with Crippen LogP contribution in [0.5, 0.6) is 0 Å². The van der Waals surface area contributed by atoms with Crippen LogP contribution in [0.1, 0.15) is 53.9 Å². The molecule has 6 heteroatoms. The van der Waals surface area contributed by atoms with E-state index in [-0.39, 0.29) is 53.7 Å². The molecule has 0 aromatic carbocycles. The van der Waals surface area contributed by atoms with Gasteiger partial charge in [-0.1, -0.05) is 20.8 Å². The van der Waals surface area contributed by atoms with Gasteiger partial charge in [0.1, 0.15) is 11.4 Å². The van der Waals surface area contributed by atoms with Crippen LogP contribution in [0.2, 0.25) is 0 Å². The molecule has 2 N–H and O–H groups in total. The van der Waals surface area contributed by atoms with Gasteiger partial charge in [-0.2, -0.15) is 0 Å². The Morgan fingerprint density at radius 1 is 1.16 bits per heavy atom. The average Bonchev–Trinajstić information content (AvgIpc) is 3.16. The first-order valence-electron chi connectivity index (χ1n) is 12.0. The highest BCUT2D eigenvalue weighted by atomic mass is 16.7. The highest BCUT2D eigenvalue weighted by molar-refractivity contribution is 6.00. The van der Waals surface area contributed by atoms with E-state index in [0.717, 1.165) is 12.8 Å². The van der Waals surface area contributed by atoms with Crippen LogP contribution in [0.25, 0.3) is 0 Å². The molecule has 0 spiro atoms. The maximum absolute atomic E-state index is 14.0. The third-order valence-electron chi connectivity index (χ3n) is 10.0. The zero-order valence-corrected chi connectivity index (χ0v) is 19.0. The fourth-order valence-electron chi connectivity index (χ4n) is 8.61. The Morgan fingerprint density at radius 2 is 1.84 bits per heavy atom. The summed E-state index contributed by atoms with van der Waals surface area (Å²) >= 11 is 0. The molecule has 6 nitrogen and oxygen atoms in total. The number of aliphatic hydroxyl groups is 2. The smallest absolute Gasteiger partial charge is 0.202 e. The summed E-state index contributed by atoms with van der Waals surface area (Å²) in [5.41, 5.74) is -1.93. The van der Waals surface area contributed by atoms with Crippen LogP contribution >= 0.6 is 0 Å². The van der Waals surface area contributed by atoms with Crippen LogP contribution in [0.15, 0.2) is 11.6 Å². The van der Waals surface area contributed by atoms with Crippen molar-refractivity contribution in [3.05, 3.63) is 11.6 Å². The molecule has 2 bridgehead atoms. The van der Waals surface area contributed by atoms with E-state index in [4.69, 9.17) is 9.47 Å². The summed E-state index contributed by atoms with van der Waals surface area (Å²) in [6.45, 7) is 9.91. The second kappa shape index (κ2) is 5.88. The van der Waals surface area contributed by atoms with Crippen LogP contribution < -0.4 is 0 Å². The Bertz CT molecular complexity index is 912. The van der Waals surface area contributed by atoms with E-state index in [9.17, 15) is 19.8 Å². The molecule has 2 aliphatic heterocycles. The average molecular weight is 431 g/mol. The number of hydrogen-bond acceptors (Lipinski definition) is 6. The Balaban J connectivity index is 1.49. The van der Waals surface area contributed by atoms with E-state index < -0.39 is 34.9 Å². The van der Waals surface area contributed by atoms with Gasteiger partial charge in [0.2, 0.25) is 5.79 Å². The van der Waals surface area contributed by atoms with Crippen molar-refractivity contribution in [3.63, 3.8) is 0 Å². The van der Waals surface area contributed by atoms with Gasteiger partial charge in [0.25, 0.3) is 0 Å². The molecule has 13 atom stereocenters. The monoisotopic (exact) mass is 430 g/mol. The Morgan fingerprint density at radius 3 is 2.42 bits per heavy atom. The maximum atomic E-state index is 14.0. The fraction of sp³-hybridized carbons (Fsp3) is 0.840. The fourth-order valence-corrected chi connectivity index (χ4v) is 8.61. The predicted molar refractivity (Wildman–Crippen MR) is 111 cm³/mol. The molecular weight excluding hydrogens is 396 g/mol. The molecule has 5 fully saturated rings. The molecule has 4 aliphatic carbocycles. The van der Waals surface area contributed by atoms with Crippen molar-refractivity contribution in [2.24, 2.45) is 47.3 Å². The van der Waals surface area contributed by atoms with Gasteiger partial charge in [-0.25, -0.2) is 0 Å². The number of ketones is 2. The van der Waals surface area contributed by atoms with Crippen molar-refractivity contribution in [2.75, 3.05) is 0 Å². The van der Waals surface area contributed by atoms with E-state index in [1.807, 2.05) is 6.92 Å². The molecular formula is C25H34O6. The molecule has 6 rings (SSSR count). The Kier molecular flexibility index (Phi) is 3.89. The van der Waals surface area contributed by atoms with Crippen molar-refractivity contribution in [2.45, 2.75) is 83.1 Å². The molecule has 31 heavy (non-hydrogen) atoms. The van der Waals surface area contributed by atoms with Gasteiger partial charge >= 0.3 is 0 Å². The quantitative estimate of drug-likeness (QED) is 0.714. The third kappa shape index (κ3) is 2.19. The van der Waals surface area contributed by atoms with Crippen LogP contribution in [0, 0.1) is 47.3 Å². The molecule has 170 valence electrons. The second-order valence-electron chi connectivity index (χ2n) is 11.8. The second-order valence-corrected chi connectivity index (χ2v) is 11.8. The minimum Gasteiger partial charge on any atom is -0.388 e. The number of Topliss-reactive ketones (excluding diaryl/α,β-unsaturated/α-hetero) is 2. The maximum Gasteiger partial charge on any atom is 0.202 e. The van der Waals surface area contributed by atoms with E-state index in [1.165, 1.54) is 0 Å². The lowest BCUT2D eigenvalue weighted by atomic mass is 9.52. The van der Waals surface area contributed by atoms with Crippen molar-refractivity contribution >= 4 is 11.6 Å². The largest absolute Gasteiger partial charge is 0.388 e. The number of rotatable bonds is 3. The first-order chi connectivity index (χ1) is 14.5. The molecule has 1 unspecified atom stereocenters. The summed E-state index contributed by atoms with van der Waals surface area (Å²) in [7, 11) is 0. The number of aliphatic hydroxyl groups excluding tert-OH is 1. The lowest BCUT2D eigenvalue weighted by Crippen LogP contribution is -2.73. The predicted octanol–water partition coefficient (Wildman–Crippen LogP) is 2.26. The van der Waals surface area contributed by atoms with Crippen molar-refractivity contribution in [1.29, 1.82) is 0 Å². The molecule has 6 aliphatic rings. The van der Waals surface area contributed by atoms with Gasteiger partial charge in [0, 0.05) is 17.8 Å². The lowest BCUT2D eigenvalue weighted by Gasteiger charge is -2.58. The van der Waals surface area contributed by atoms with Gasteiger partial charge in [0.05, 0.1) is 29.6 Å². The highest BCUT2D eigenvalue weighted by Crippen LogP contribution is 2.73. The Labute approximate surface area is 183 Å². The summed E-state index contributed by atoms with van der Waals surface area (Å²) in [6.07, 6.45) is 2.54. The first-order valence-corrected chi connectivity index (χ1v) is 12.0. The topological polar surface area (TPSA) is 93.1 Å².